The van der Waals surface area contributed by atoms with Crippen molar-refractivity contribution in [3.05, 3.63) is 40.6 Å². The van der Waals surface area contributed by atoms with Crippen LogP contribution in [0.15, 0.2) is 40.6 Å². The minimum absolute atomic E-state index is 0.0156. The quantitative estimate of drug-likeness (QED) is 0.825. The second kappa shape index (κ2) is 5.32. The van der Waals surface area contributed by atoms with Gasteiger partial charge in [-0.2, -0.15) is 0 Å². The number of anilines is 2. The minimum Gasteiger partial charge on any atom is -0.398 e. The van der Waals surface area contributed by atoms with Crippen LogP contribution >= 0.6 is 11.3 Å². The maximum atomic E-state index is 11.4. The zero-order chi connectivity index (χ0) is 15.0. The SMILES string of the molecule is Nc1cc(N(Cc2cccs2)C2CC2)ccc1S(N)(=O)=O. The zero-order valence-electron chi connectivity index (χ0n) is 11.4. The third-order valence-electron chi connectivity index (χ3n) is 3.53. The van der Waals surface area contributed by atoms with Gasteiger partial charge >= 0.3 is 0 Å². The molecular weight excluding hydrogens is 306 g/mol. The summed E-state index contributed by atoms with van der Waals surface area (Å²) in [6.45, 7) is 0.816. The Morgan fingerprint density at radius 3 is 2.57 bits per heavy atom. The van der Waals surface area contributed by atoms with Crippen LogP contribution in [0.25, 0.3) is 0 Å². The average Bonchev–Trinajstić information content (AvgIpc) is 3.11. The van der Waals surface area contributed by atoms with Crippen molar-refractivity contribution < 1.29 is 8.42 Å². The van der Waals surface area contributed by atoms with Crippen molar-refractivity contribution in [3.63, 3.8) is 0 Å². The van der Waals surface area contributed by atoms with Gasteiger partial charge in [0.2, 0.25) is 10.0 Å². The highest BCUT2D eigenvalue weighted by Crippen LogP contribution is 2.35. The van der Waals surface area contributed by atoms with Gasteiger partial charge in [-0.25, -0.2) is 13.6 Å². The van der Waals surface area contributed by atoms with Crippen LogP contribution in [0.5, 0.6) is 0 Å². The molecule has 1 aromatic carbocycles. The molecule has 21 heavy (non-hydrogen) atoms. The van der Waals surface area contributed by atoms with Crippen molar-refractivity contribution in [1.29, 1.82) is 0 Å². The molecule has 0 spiro atoms. The van der Waals surface area contributed by atoms with Crippen molar-refractivity contribution in [2.24, 2.45) is 5.14 Å². The van der Waals surface area contributed by atoms with Gasteiger partial charge in [0.25, 0.3) is 0 Å². The topological polar surface area (TPSA) is 89.4 Å². The summed E-state index contributed by atoms with van der Waals surface area (Å²) in [5, 5.41) is 7.20. The Balaban J connectivity index is 1.91. The van der Waals surface area contributed by atoms with Crippen molar-refractivity contribution in [2.75, 3.05) is 10.6 Å². The average molecular weight is 323 g/mol. The van der Waals surface area contributed by atoms with E-state index < -0.39 is 10.0 Å². The Labute approximate surface area is 128 Å². The van der Waals surface area contributed by atoms with Gasteiger partial charge < -0.3 is 10.6 Å². The van der Waals surface area contributed by atoms with Gasteiger partial charge in [0, 0.05) is 16.6 Å². The van der Waals surface area contributed by atoms with Crippen molar-refractivity contribution in [3.8, 4) is 0 Å². The Morgan fingerprint density at radius 2 is 2.05 bits per heavy atom. The normalized spacial score (nSPS) is 15.1. The van der Waals surface area contributed by atoms with Crippen LogP contribution in [0, 0.1) is 0 Å². The minimum atomic E-state index is -3.77. The molecule has 1 fully saturated rings. The zero-order valence-corrected chi connectivity index (χ0v) is 13.0. The van der Waals surface area contributed by atoms with Gasteiger partial charge in [-0.1, -0.05) is 6.07 Å². The highest BCUT2D eigenvalue weighted by atomic mass is 32.2. The fourth-order valence-corrected chi connectivity index (χ4v) is 3.71. The lowest BCUT2D eigenvalue weighted by atomic mass is 10.2. The van der Waals surface area contributed by atoms with E-state index in [4.69, 9.17) is 10.9 Å². The number of primary sulfonamides is 1. The van der Waals surface area contributed by atoms with Crippen LogP contribution in [-0.4, -0.2) is 14.5 Å². The number of nitrogens with two attached hydrogens (primary N) is 2. The molecule has 0 unspecified atom stereocenters. The van der Waals surface area contributed by atoms with E-state index in [-0.39, 0.29) is 10.6 Å². The third kappa shape index (κ3) is 3.20. The Hall–Kier alpha value is -1.57. The predicted octanol–water partition coefficient (Wildman–Crippen LogP) is 2.15. The first-order chi connectivity index (χ1) is 9.95. The molecule has 3 rings (SSSR count). The lowest BCUT2D eigenvalue weighted by Crippen LogP contribution is -2.25. The van der Waals surface area contributed by atoms with Gasteiger partial charge in [-0.3, -0.25) is 0 Å². The summed E-state index contributed by atoms with van der Waals surface area (Å²) in [6, 6.07) is 9.61. The predicted molar refractivity (Wildman–Crippen MR) is 85.8 cm³/mol. The standard InChI is InChI=1S/C14H17N3O2S2/c15-13-8-11(5-6-14(13)21(16,18)19)17(10-3-4-10)9-12-2-1-7-20-12/h1-2,5-8,10H,3-4,9,15H2,(H2,16,18,19). The van der Waals surface area contributed by atoms with Crippen LogP contribution in [0.3, 0.4) is 0 Å². The van der Waals surface area contributed by atoms with Gasteiger partial charge in [0.15, 0.2) is 0 Å². The monoisotopic (exact) mass is 323 g/mol. The maximum Gasteiger partial charge on any atom is 0.240 e. The molecule has 0 saturated heterocycles. The maximum absolute atomic E-state index is 11.4. The fraction of sp³-hybridized carbons (Fsp3) is 0.286. The molecule has 5 nitrogen and oxygen atoms in total. The summed E-state index contributed by atoms with van der Waals surface area (Å²) in [5.41, 5.74) is 7.00. The molecule has 7 heteroatoms. The van der Waals surface area contributed by atoms with E-state index in [0.29, 0.717) is 6.04 Å². The molecule has 4 N–H and O–H groups in total. The van der Waals surface area contributed by atoms with Crippen LogP contribution in [0.2, 0.25) is 0 Å². The highest BCUT2D eigenvalue weighted by molar-refractivity contribution is 7.89. The molecule has 0 amide bonds. The summed E-state index contributed by atoms with van der Waals surface area (Å²) >= 11 is 1.71. The summed E-state index contributed by atoms with van der Waals surface area (Å²) in [6.07, 6.45) is 2.31. The van der Waals surface area contributed by atoms with E-state index in [9.17, 15) is 8.42 Å². The Bertz CT molecular complexity index is 738. The first kappa shape index (κ1) is 14.4. The molecule has 1 aliphatic rings. The Kier molecular flexibility index (Phi) is 3.64. The summed E-state index contributed by atoms with van der Waals surface area (Å²) in [7, 11) is -3.77. The second-order valence-electron chi connectivity index (χ2n) is 5.21. The third-order valence-corrected chi connectivity index (χ3v) is 5.37. The van der Waals surface area contributed by atoms with E-state index in [1.54, 1.807) is 23.5 Å². The molecule has 0 aliphatic heterocycles. The van der Waals surface area contributed by atoms with Gasteiger partial charge in [0.05, 0.1) is 12.2 Å². The second-order valence-corrected chi connectivity index (χ2v) is 7.77. The largest absolute Gasteiger partial charge is 0.398 e. The first-order valence-electron chi connectivity index (χ1n) is 6.66. The number of thiophene rings is 1. The molecule has 0 radical (unpaired) electrons. The van der Waals surface area contributed by atoms with Gasteiger partial charge in [-0.05, 0) is 42.5 Å². The Morgan fingerprint density at radius 1 is 1.29 bits per heavy atom. The smallest absolute Gasteiger partial charge is 0.240 e. The van der Waals surface area contributed by atoms with E-state index in [1.165, 1.54) is 10.9 Å². The van der Waals surface area contributed by atoms with E-state index >= 15 is 0 Å². The number of rotatable bonds is 5. The summed E-state index contributed by atoms with van der Waals surface area (Å²) in [4.78, 5) is 3.53. The van der Waals surface area contributed by atoms with Crippen LogP contribution in [0.1, 0.15) is 17.7 Å². The molecular formula is C14H17N3O2S2. The number of nitrogens with zero attached hydrogens (tertiary/aromatic N) is 1. The van der Waals surface area contributed by atoms with Crippen molar-refractivity contribution in [2.45, 2.75) is 30.3 Å². The van der Waals surface area contributed by atoms with Gasteiger partial charge in [0.1, 0.15) is 4.90 Å². The van der Waals surface area contributed by atoms with Crippen molar-refractivity contribution in [1.82, 2.24) is 0 Å². The molecule has 1 heterocycles. The van der Waals surface area contributed by atoms with Crippen LogP contribution in [-0.2, 0) is 16.6 Å². The van der Waals surface area contributed by atoms with E-state index in [2.05, 4.69) is 16.3 Å². The fourth-order valence-electron chi connectivity index (χ4n) is 2.36. The molecule has 0 bridgehead atoms. The number of nitrogen functional groups attached to an aromatic ring is 1. The number of hydrogen-bond donors (Lipinski definition) is 2. The van der Waals surface area contributed by atoms with Crippen molar-refractivity contribution >= 4 is 32.7 Å². The highest BCUT2D eigenvalue weighted by Gasteiger charge is 2.30. The lowest BCUT2D eigenvalue weighted by molar-refractivity contribution is 0.598. The molecule has 112 valence electrons. The first-order valence-corrected chi connectivity index (χ1v) is 9.09. The summed E-state index contributed by atoms with van der Waals surface area (Å²) in [5.74, 6) is 0. The molecule has 0 atom stereocenters. The molecule has 2 aromatic rings. The molecule has 1 aliphatic carbocycles. The number of benzene rings is 1. The summed E-state index contributed by atoms with van der Waals surface area (Å²) < 4.78 is 22.8. The number of hydrogen-bond acceptors (Lipinski definition) is 5. The van der Waals surface area contributed by atoms with Crippen LogP contribution in [0.4, 0.5) is 11.4 Å². The number of sulfonamides is 1. The van der Waals surface area contributed by atoms with E-state index in [1.807, 2.05) is 6.07 Å². The van der Waals surface area contributed by atoms with E-state index in [0.717, 1.165) is 25.1 Å². The van der Waals surface area contributed by atoms with Crippen LogP contribution < -0.4 is 15.8 Å². The molecule has 1 saturated carbocycles. The lowest BCUT2D eigenvalue weighted by Gasteiger charge is -2.24. The molecule has 1 aromatic heterocycles. The van der Waals surface area contributed by atoms with Gasteiger partial charge in [-0.15, -0.1) is 11.3 Å².